The summed E-state index contributed by atoms with van der Waals surface area (Å²) in [5.74, 6) is 0.865. The van der Waals surface area contributed by atoms with Crippen molar-refractivity contribution in [2.75, 3.05) is 36.0 Å². The summed E-state index contributed by atoms with van der Waals surface area (Å²) in [5, 5.41) is 16.9. The van der Waals surface area contributed by atoms with E-state index in [-0.39, 0.29) is 10.6 Å². The summed E-state index contributed by atoms with van der Waals surface area (Å²) in [6, 6.07) is 13.6. The van der Waals surface area contributed by atoms with Crippen LogP contribution in [0.2, 0.25) is 5.02 Å². The Morgan fingerprint density at radius 3 is 2.53 bits per heavy atom. The Morgan fingerprint density at radius 2 is 1.73 bits per heavy atom. The minimum absolute atomic E-state index is 0.207. The van der Waals surface area contributed by atoms with Gasteiger partial charge >= 0.3 is 0 Å². The SMILES string of the molecule is O=c1c(Cl)c(N2CCN(c3ccc4nncn4n3)CC2)cnn1Cc1ccccc1. The van der Waals surface area contributed by atoms with Gasteiger partial charge < -0.3 is 9.80 Å². The van der Waals surface area contributed by atoms with Gasteiger partial charge in [0.1, 0.15) is 17.2 Å². The molecule has 30 heavy (non-hydrogen) atoms. The van der Waals surface area contributed by atoms with Crippen molar-refractivity contribution in [1.29, 1.82) is 0 Å². The van der Waals surface area contributed by atoms with Gasteiger partial charge in [0.25, 0.3) is 5.56 Å². The number of hydrogen-bond donors (Lipinski definition) is 0. The fourth-order valence-electron chi connectivity index (χ4n) is 3.61. The normalized spacial score (nSPS) is 14.4. The lowest BCUT2D eigenvalue weighted by molar-refractivity contribution is 0.618. The molecule has 0 unspecified atom stereocenters. The number of benzene rings is 1. The fraction of sp³-hybridized carbons (Fsp3) is 0.250. The molecule has 10 heteroatoms. The van der Waals surface area contributed by atoms with Crippen LogP contribution in [0.15, 0.2) is 59.8 Å². The van der Waals surface area contributed by atoms with Gasteiger partial charge in [0, 0.05) is 26.2 Å². The molecule has 0 saturated carbocycles. The maximum atomic E-state index is 12.7. The number of anilines is 2. The zero-order chi connectivity index (χ0) is 20.5. The summed E-state index contributed by atoms with van der Waals surface area (Å²) < 4.78 is 3.06. The number of rotatable bonds is 4. The Bertz CT molecular complexity index is 1230. The quantitative estimate of drug-likeness (QED) is 0.495. The minimum Gasteiger partial charge on any atom is -0.365 e. The maximum absolute atomic E-state index is 12.7. The molecule has 1 saturated heterocycles. The molecule has 1 aliphatic heterocycles. The predicted molar refractivity (Wildman–Crippen MR) is 114 cm³/mol. The molecule has 0 amide bonds. The number of halogens is 1. The van der Waals surface area contributed by atoms with Crippen LogP contribution < -0.4 is 15.4 Å². The van der Waals surface area contributed by atoms with Crippen molar-refractivity contribution < 1.29 is 0 Å². The molecule has 1 fully saturated rings. The smallest absolute Gasteiger partial charge is 0.287 e. The fourth-order valence-corrected chi connectivity index (χ4v) is 3.88. The van der Waals surface area contributed by atoms with Gasteiger partial charge in [-0.2, -0.15) is 9.61 Å². The standard InChI is InChI=1S/C20H19ClN8O/c21-19-16(12-23-28(20(19)30)13-15-4-2-1-3-5-15)26-8-10-27(11-9-26)18-7-6-17-24-22-14-29(17)25-18/h1-7,12,14H,8-11,13H2. The van der Waals surface area contributed by atoms with Gasteiger partial charge in [0.2, 0.25) is 0 Å². The van der Waals surface area contributed by atoms with Crippen molar-refractivity contribution in [3.05, 3.63) is 75.9 Å². The van der Waals surface area contributed by atoms with Crippen LogP contribution in [-0.2, 0) is 6.54 Å². The number of hydrogen-bond acceptors (Lipinski definition) is 7. The lowest BCUT2D eigenvalue weighted by atomic mass is 10.2. The average Bonchev–Trinajstić information content (AvgIpc) is 3.26. The lowest BCUT2D eigenvalue weighted by Crippen LogP contribution is -2.47. The van der Waals surface area contributed by atoms with Gasteiger partial charge in [-0.25, -0.2) is 4.68 Å². The number of aromatic nitrogens is 6. The lowest BCUT2D eigenvalue weighted by Gasteiger charge is -2.36. The van der Waals surface area contributed by atoms with Gasteiger partial charge in [-0.15, -0.1) is 15.3 Å². The second kappa shape index (κ2) is 7.75. The highest BCUT2D eigenvalue weighted by atomic mass is 35.5. The highest BCUT2D eigenvalue weighted by molar-refractivity contribution is 6.33. The van der Waals surface area contributed by atoms with Gasteiger partial charge in [-0.3, -0.25) is 4.79 Å². The van der Waals surface area contributed by atoms with Crippen molar-refractivity contribution in [3.8, 4) is 0 Å². The van der Waals surface area contributed by atoms with Gasteiger partial charge in [-0.05, 0) is 17.7 Å². The molecule has 0 atom stereocenters. The van der Waals surface area contributed by atoms with E-state index in [9.17, 15) is 4.79 Å². The van der Waals surface area contributed by atoms with E-state index in [2.05, 4.69) is 30.2 Å². The van der Waals surface area contributed by atoms with Gasteiger partial charge in [-0.1, -0.05) is 41.9 Å². The Morgan fingerprint density at radius 1 is 0.967 bits per heavy atom. The summed E-state index contributed by atoms with van der Waals surface area (Å²) >= 11 is 6.45. The average molecular weight is 423 g/mol. The molecule has 1 aromatic carbocycles. The van der Waals surface area contributed by atoms with Crippen molar-refractivity contribution in [2.24, 2.45) is 0 Å². The van der Waals surface area contributed by atoms with Crippen molar-refractivity contribution in [3.63, 3.8) is 0 Å². The Labute approximate surface area is 177 Å². The van der Waals surface area contributed by atoms with Crippen LogP contribution in [0, 0.1) is 0 Å². The number of nitrogens with zero attached hydrogens (tertiary/aromatic N) is 8. The summed E-state index contributed by atoms with van der Waals surface area (Å²) in [4.78, 5) is 17.0. The summed E-state index contributed by atoms with van der Waals surface area (Å²) in [6.07, 6.45) is 3.27. The molecule has 0 aliphatic carbocycles. The van der Waals surface area contributed by atoms with E-state index in [0.29, 0.717) is 31.0 Å². The van der Waals surface area contributed by atoms with E-state index in [1.54, 1.807) is 17.0 Å². The maximum Gasteiger partial charge on any atom is 0.287 e. The Kier molecular flexibility index (Phi) is 4.80. The van der Waals surface area contributed by atoms with Crippen LogP contribution in [0.1, 0.15) is 5.56 Å². The first kappa shape index (κ1) is 18.6. The van der Waals surface area contributed by atoms with Crippen molar-refractivity contribution in [2.45, 2.75) is 6.54 Å². The van der Waals surface area contributed by atoms with Crippen molar-refractivity contribution >= 4 is 28.8 Å². The summed E-state index contributed by atoms with van der Waals surface area (Å²) in [6.45, 7) is 3.33. The third-order valence-electron chi connectivity index (χ3n) is 5.23. The van der Waals surface area contributed by atoms with Crippen LogP contribution in [0.4, 0.5) is 11.5 Å². The molecule has 0 radical (unpaired) electrons. The monoisotopic (exact) mass is 422 g/mol. The zero-order valence-electron chi connectivity index (χ0n) is 16.1. The molecular formula is C20H19ClN8O. The first-order chi connectivity index (χ1) is 14.7. The number of piperazine rings is 1. The van der Waals surface area contributed by atoms with E-state index < -0.39 is 0 Å². The van der Waals surface area contributed by atoms with Crippen LogP contribution in [-0.4, -0.2) is 55.8 Å². The van der Waals surface area contributed by atoms with Gasteiger partial charge in [0.15, 0.2) is 5.65 Å². The van der Waals surface area contributed by atoms with Gasteiger partial charge in [0.05, 0.1) is 18.4 Å². The molecule has 4 heterocycles. The predicted octanol–water partition coefficient (Wildman–Crippen LogP) is 1.71. The number of fused-ring (bicyclic) bond motifs is 1. The van der Waals surface area contributed by atoms with Crippen LogP contribution in [0.5, 0.6) is 0 Å². The van der Waals surface area contributed by atoms with Crippen LogP contribution in [0.25, 0.3) is 5.65 Å². The summed E-state index contributed by atoms with van der Waals surface area (Å²) in [7, 11) is 0. The molecule has 4 aromatic rings. The zero-order valence-corrected chi connectivity index (χ0v) is 16.9. The van der Waals surface area contributed by atoms with E-state index >= 15 is 0 Å². The highest BCUT2D eigenvalue weighted by Gasteiger charge is 2.22. The molecule has 9 nitrogen and oxygen atoms in total. The second-order valence-corrected chi connectivity index (χ2v) is 7.47. The molecule has 0 N–H and O–H groups in total. The first-order valence-electron chi connectivity index (χ1n) is 9.65. The highest BCUT2D eigenvalue weighted by Crippen LogP contribution is 2.24. The Balaban J connectivity index is 1.31. The minimum atomic E-state index is -0.278. The molecule has 0 spiro atoms. The van der Waals surface area contributed by atoms with Crippen LogP contribution >= 0.6 is 11.6 Å². The molecule has 1 aliphatic rings. The topological polar surface area (TPSA) is 84.5 Å². The molecule has 5 rings (SSSR count). The molecule has 3 aromatic heterocycles. The third-order valence-corrected chi connectivity index (χ3v) is 5.59. The van der Waals surface area contributed by atoms with E-state index in [1.807, 2.05) is 42.5 Å². The molecular weight excluding hydrogens is 404 g/mol. The van der Waals surface area contributed by atoms with E-state index in [1.165, 1.54) is 4.68 Å². The van der Waals surface area contributed by atoms with E-state index in [4.69, 9.17) is 11.6 Å². The van der Waals surface area contributed by atoms with Crippen LogP contribution in [0.3, 0.4) is 0 Å². The van der Waals surface area contributed by atoms with E-state index in [0.717, 1.165) is 24.5 Å². The Hall–Kier alpha value is -3.46. The molecule has 0 bridgehead atoms. The third kappa shape index (κ3) is 3.48. The second-order valence-electron chi connectivity index (χ2n) is 7.09. The largest absolute Gasteiger partial charge is 0.365 e. The first-order valence-corrected chi connectivity index (χ1v) is 10.0. The molecule has 152 valence electrons. The van der Waals surface area contributed by atoms with Crippen molar-refractivity contribution in [1.82, 2.24) is 29.6 Å². The summed E-state index contributed by atoms with van der Waals surface area (Å²) in [5.41, 5.74) is 2.11.